The van der Waals surface area contributed by atoms with Gasteiger partial charge < -0.3 is 23.8 Å². The number of carbonyl (C=O) groups is 1. The van der Waals surface area contributed by atoms with Gasteiger partial charge in [0.2, 0.25) is 0 Å². The molecule has 0 radical (unpaired) electrons. The first-order chi connectivity index (χ1) is 18.5. The van der Waals surface area contributed by atoms with Crippen LogP contribution in [-0.4, -0.2) is 45.6 Å². The van der Waals surface area contributed by atoms with Crippen molar-refractivity contribution in [1.29, 1.82) is 0 Å². The molecule has 2 aromatic heterocycles. The molecule has 0 spiro atoms. The number of anilines is 1. The Bertz CT molecular complexity index is 1450. The molecule has 3 heterocycles. The van der Waals surface area contributed by atoms with E-state index in [1.165, 1.54) is 12.1 Å². The second kappa shape index (κ2) is 10.4. The Morgan fingerprint density at radius 2 is 1.76 bits per heavy atom. The number of ether oxygens (including phenoxy) is 1. The molecule has 1 saturated heterocycles. The van der Waals surface area contributed by atoms with Crippen LogP contribution in [0.3, 0.4) is 0 Å². The van der Waals surface area contributed by atoms with Crippen molar-refractivity contribution in [3.63, 3.8) is 0 Å². The lowest BCUT2D eigenvalue weighted by Gasteiger charge is -2.30. The summed E-state index contributed by atoms with van der Waals surface area (Å²) in [6, 6.07) is 11.8. The maximum atomic E-state index is 11.3. The monoisotopic (exact) mass is 554 g/mol. The summed E-state index contributed by atoms with van der Waals surface area (Å²) in [6.07, 6.45) is 3.75. The predicted molar refractivity (Wildman–Crippen MR) is 141 cm³/mol. The molecule has 0 atom stereocenters. The Hall–Kier alpha value is -3.40. The van der Waals surface area contributed by atoms with Gasteiger partial charge in [-0.25, -0.2) is 4.79 Å². The number of aromatic carboxylic acids is 1. The number of hydrogen-bond donors (Lipinski definition) is 1. The molecule has 2 aromatic carbocycles. The minimum atomic E-state index is -1.01. The summed E-state index contributed by atoms with van der Waals surface area (Å²) in [7, 11) is 0. The summed E-state index contributed by atoms with van der Waals surface area (Å²) < 4.78 is 17.5. The molecule has 38 heavy (non-hydrogen) atoms. The van der Waals surface area contributed by atoms with Crippen LogP contribution >= 0.6 is 23.2 Å². The highest BCUT2D eigenvalue weighted by Crippen LogP contribution is 2.46. The summed E-state index contributed by atoms with van der Waals surface area (Å²) in [6.45, 7) is 1.76. The number of piperidine rings is 1. The summed E-state index contributed by atoms with van der Waals surface area (Å²) in [4.78, 5) is 17.8. The van der Waals surface area contributed by atoms with Gasteiger partial charge in [0.25, 0.3) is 11.8 Å². The zero-order valence-electron chi connectivity index (χ0n) is 20.3. The highest BCUT2D eigenvalue weighted by atomic mass is 35.5. The zero-order valence-corrected chi connectivity index (χ0v) is 21.8. The smallest absolute Gasteiger partial charge is 0.335 e. The third kappa shape index (κ3) is 5.01. The Morgan fingerprint density at radius 1 is 1.03 bits per heavy atom. The molecule has 1 aliphatic carbocycles. The summed E-state index contributed by atoms with van der Waals surface area (Å²) in [5, 5.41) is 18.7. The molecular weight excluding hydrogens is 531 g/mol. The van der Waals surface area contributed by atoms with Crippen molar-refractivity contribution >= 4 is 35.1 Å². The molecule has 2 fully saturated rings. The maximum Gasteiger partial charge on any atom is 0.335 e. The molecule has 196 valence electrons. The van der Waals surface area contributed by atoms with Gasteiger partial charge in [-0.1, -0.05) is 40.5 Å². The summed E-state index contributed by atoms with van der Waals surface area (Å²) >= 11 is 12.9. The molecular formula is C27H24Cl2N4O5. The van der Waals surface area contributed by atoms with E-state index in [9.17, 15) is 9.90 Å². The topological polar surface area (TPSA) is 115 Å². The van der Waals surface area contributed by atoms with E-state index in [2.05, 4.69) is 15.3 Å². The number of nitrogens with zero attached hydrogens (tertiary/aromatic N) is 4. The molecule has 0 unspecified atom stereocenters. The average Bonchev–Trinajstić information content (AvgIpc) is 3.49. The normalized spacial score (nSPS) is 16.2. The molecule has 6 rings (SSSR count). The number of aromatic nitrogens is 3. The van der Waals surface area contributed by atoms with Crippen LogP contribution in [0.25, 0.3) is 22.7 Å². The summed E-state index contributed by atoms with van der Waals surface area (Å²) in [5.74, 6) is 0.977. The molecule has 0 bridgehead atoms. The molecule has 0 amide bonds. The molecule has 1 N–H and O–H groups in total. The van der Waals surface area contributed by atoms with E-state index >= 15 is 0 Å². The highest BCUT2D eigenvalue weighted by molar-refractivity contribution is 6.39. The van der Waals surface area contributed by atoms with Gasteiger partial charge in [0.05, 0.1) is 28.3 Å². The molecule has 1 saturated carbocycles. The zero-order chi connectivity index (χ0) is 26.2. The third-order valence-electron chi connectivity index (χ3n) is 6.93. The Balaban J connectivity index is 1.11. The van der Waals surface area contributed by atoms with Crippen LogP contribution in [0.1, 0.15) is 53.3 Å². The van der Waals surface area contributed by atoms with E-state index in [1.807, 2.05) is 4.90 Å². The molecule has 2 aliphatic rings. The fourth-order valence-corrected chi connectivity index (χ4v) is 5.29. The van der Waals surface area contributed by atoms with Crippen molar-refractivity contribution in [2.24, 2.45) is 0 Å². The van der Waals surface area contributed by atoms with Crippen LogP contribution in [0.5, 0.6) is 0 Å². The van der Waals surface area contributed by atoms with E-state index in [-0.39, 0.29) is 17.6 Å². The largest absolute Gasteiger partial charge is 0.478 e. The fourth-order valence-electron chi connectivity index (χ4n) is 4.72. The minimum absolute atomic E-state index is 0.0430. The van der Waals surface area contributed by atoms with Gasteiger partial charge >= 0.3 is 5.97 Å². The quantitative estimate of drug-likeness (QED) is 0.262. The van der Waals surface area contributed by atoms with Gasteiger partial charge in [0.1, 0.15) is 11.5 Å². The summed E-state index contributed by atoms with van der Waals surface area (Å²) in [5.41, 5.74) is 2.96. The minimum Gasteiger partial charge on any atom is -0.478 e. The lowest BCUT2D eigenvalue weighted by Crippen LogP contribution is -2.37. The Morgan fingerprint density at radius 3 is 2.47 bits per heavy atom. The van der Waals surface area contributed by atoms with Crippen LogP contribution in [0.15, 0.2) is 51.5 Å². The van der Waals surface area contributed by atoms with E-state index in [0.29, 0.717) is 58.4 Å². The van der Waals surface area contributed by atoms with E-state index in [4.69, 9.17) is 37.0 Å². The van der Waals surface area contributed by atoms with E-state index < -0.39 is 5.97 Å². The number of halogens is 2. The molecule has 1 aliphatic heterocycles. The van der Waals surface area contributed by atoms with Gasteiger partial charge in [-0.3, -0.25) is 0 Å². The Labute approximate surface area is 228 Å². The first-order valence-corrected chi connectivity index (χ1v) is 13.2. The fraction of sp³-hybridized carbons (Fsp3) is 0.333. The van der Waals surface area contributed by atoms with Gasteiger partial charge in [-0.2, -0.15) is 4.98 Å². The maximum absolute atomic E-state index is 11.3. The van der Waals surface area contributed by atoms with Crippen molar-refractivity contribution in [3.8, 4) is 22.7 Å². The van der Waals surface area contributed by atoms with Crippen molar-refractivity contribution in [1.82, 2.24) is 15.3 Å². The van der Waals surface area contributed by atoms with Gasteiger partial charge in [-0.15, -0.1) is 0 Å². The van der Waals surface area contributed by atoms with Crippen molar-refractivity contribution in [2.45, 2.75) is 44.3 Å². The van der Waals surface area contributed by atoms with Gasteiger partial charge in [-0.05, 0) is 61.2 Å². The highest BCUT2D eigenvalue weighted by Gasteiger charge is 2.34. The average molecular weight is 555 g/mol. The lowest BCUT2D eigenvalue weighted by atomic mass is 10.0. The number of benzene rings is 2. The van der Waals surface area contributed by atoms with Crippen LogP contribution in [0.2, 0.25) is 10.0 Å². The second-order valence-corrected chi connectivity index (χ2v) is 10.3. The first-order valence-electron chi connectivity index (χ1n) is 12.4. The van der Waals surface area contributed by atoms with E-state index in [1.54, 1.807) is 30.3 Å². The van der Waals surface area contributed by atoms with Crippen LogP contribution < -0.4 is 4.90 Å². The van der Waals surface area contributed by atoms with Crippen molar-refractivity contribution in [3.05, 3.63) is 69.4 Å². The van der Waals surface area contributed by atoms with Gasteiger partial charge in [0, 0.05) is 35.7 Å². The van der Waals surface area contributed by atoms with E-state index in [0.717, 1.165) is 37.0 Å². The van der Waals surface area contributed by atoms with Crippen LogP contribution in [-0.2, 0) is 11.3 Å². The Kier molecular flexibility index (Phi) is 6.82. The number of hydrogen-bond acceptors (Lipinski definition) is 8. The SMILES string of the molecule is O=C(O)c1cccc(-c2nc(N3CCC(OCc4c(-c5c(Cl)cccc5Cl)noc4C4CC4)CC3)no2)c1. The predicted octanol–water partition coefficient (Wildman–Crippen LogP) is 6.46. The molecule has 9 nitrogen and oxygen atoms in total. The van der Waals surface area contributed by atoms with Crippen molar-refractivity contribution < 1.29 is 23.7 Å². The molecule has 4 aromatic rings. The molecule has 11 heteroatoms. The third-order valence-corrected chi connectivity index (χ3v) is 7.56. The number of rotatable bonds is 8. The number of carboxylic acid groups (broad SMARTS) is 1. The first kappa shape index (κ1) is 24.9. The lowest BCUT2D eigenvalue weighted by molar-refractivity contribution is 0.0244. The second-order valence-electron chi connectivity index (χ2n) is 9.53. The van der Waals surface area contributed by atoms with Crippen LogP contribution in [0, 0.1) is 0 Å². The number of carboxylic acids is 1. The van der Waals surface area contributed by atoms with Gasteiger partial charge in [0.15, 0.2) is 0 Å². The van der Waals surface area contributed by atoms with Crippen molar-refractivity contribution in [2.75, 3.05) is 18.0 Å². The van der Waals surface area contributed by atoms with Crippen LogP contribution in [0.4, 0.5) is 5.95 Å². The standard InChI is InChI=1S/C27H24Cl2N4O5/c28-20-5-2-6-21(29)22(20)23-19(24(37-31-23)15-7-8-15)14-36-18-9-11-33(12-10-18)27-30-25(38-32-27)16-3-1-4-17(13-16)26(34)35/h1-6,13,15,18H,7-12,14H2,(H,34,35).